The molecule has 2 rings (SSSR count). The van der Waals surface area contributed by atoms with E-state index in [1.165, 1.54) is 0 Å². The lowest BCUT2D eigenvalue weighted by Gasteiger charge is -2.20. The Morgan fingerprint density at radius 2 is 2.14 bits per heavy atom. The largest absolute Gasteiger partial charge is 0.492 e. The molecule has 0 radical (unpaired) electrons. The fourth-order valence-corrected chi connectivity index (χ4v) is 2.66. The summed E-state index contributed by atoms with van der Waals surface area (Å²) in [5.41, 5.74) is -0.816. The molecule has 1 N–H and O–H groups in total. The zero-order valence-corrected chi connectivity index (χ0v) is 13.3. The molecular formula is C16H20ClNO4. The molecule has 0 bridgehead atoms. The topological polar surface area (TPSA) is 66.8 Å². The van der Waals surface area contributed by atoms with E-state index in [1.54, 1.807) is 24.0 Å². The Morgan fingerprint density at radius 3 is 2.77 bits per heavy atom. The summed E-state index contributed by atoms with van der Waals surface area (Å²) in [6.07, 6.45) is 1.43. The third-order valence-corrected chi connectivity index (χ3v) is 4.28. The highest BCUT2D eigenvalue weighted by Crippen LogP contribution is 2.30. The Bertz CT molecular complexity index is 563. The number of carbonyl (C=O) groups excluding carboxylic acids is 1. The lowest BCUT2D eigenvalue weighted by atomic mass is 9.90. The highest BCUT2D eigenvalue weighted by atomic mass is 35.5. The minimum absolute atomic E-state index is 0.0206. The average molecular weight is 326 g/mol. The van der Waals surface area contributed by atoms with E-state index in [-0.39, 0.29) is 12.5 Å². The summed E-state index contributed by atoms with van der Waals surface area (Å²) in [5.74, 6) is -0.256. The molecule has 1 heterocycles. The number of hydrogen-bond donors (Lipinski definition) is 1. The van der Waals surface area contributed by atoms with Crippen LogP contribution in [-0.4, -0.2) is 41.6 Å². The summed E-state index contributed by atoms with van der Waals surface area (Å²) in [6, 6.07) is 7.19. The van der Waals surface area contributed by atoms with Crippen molar-refractivity contribution in [2.24, 2.45) is 5.41 Å². The van der Waals surface area contributed by atoms with Crippen LogP contribution in [0.1, 0.15) is 26.2 Å². The Labute approximate surface area is 134 Å². The number of aliphatic carboxylic acids is 1. The van der Waals surface area contributed by atoms with Crippen molar-refractivity contribution in [1.82, 2.24) is 4.90 Å². The Kier molecular flexibility index (Phi) is 5.29. The van der Waals surface area contributed by atoms with E-state index in [9.17, 15) is 9.59 Å². The second-order valence-corrected chi connectivity index (χ2v) is 6.22. The van der Waals surface area contributed by atoms with Gasteiger partial charge >= 0.3 is 5.97 Å². The highest BCUT2D eigenvalue weighted by molar-refractivity contribution is 6.32. The number of rotatable bonds is 6. The van der Waals surface area contributed by atoms with Crippen LogP contribution in [0.2, 0.25) is 5.02 Å². The van der Waals surface area contributed by atoms with Crippen LogP contribution in [0, 0.1) is 5.41 Å². The predicted octanol–water partition coefficient (Wildman–Crippen LogP) is 2.82. The van der Waals surface area contributed by atoms with Crippen LogP contribution in [0.25, 0.3) is 0 Å². The molecule has 1 aliphatic heterocycles. The summed E-state index contributed by atoms with van der Waals surface area (Å²) >= 11 is 5.97. The predicted molar refractivity (Wildman–Crippen MR) is 83.1 cm³/mol. The van der Waals surface area contributed by atoms with Gasteiger partial charge in [0.2, 0.25) is 5.91 Å². The number of amides is 1. The third kappa shape index (κ3) is 3.91. The maximum absolute atomic E-state index is 12.1. The number of ether oxygens (including phenoxy) is 1. The quantitative estimate of drug-likeness (QED) is 0.817. The molecule has 1 saturated heterocycles. The number of para-hydroxylation sites is 1. The lowest BCUT2D eigenvalue weighted by Crippen LogP contribution is -2.34. The van der Waals surface area contributed by atoms with Gasteiger partial charge in [-0.2, -0.15) is 0 Å². The lowest BCUT2D eigenvalue weighted by molar-refractivity contribution is -0.147. The van der Waals surface area contributed by atoms with Crippen LogP contribution >= 0.6 is 11.6 Å². The van der Waals surface area contributed by atoms with Crippen molar-refractivity contribution < 1.29 is 19.4 Å². The van der Waals surface area contributed by atoms with Gasteiger partial charge in [-0.05, 0) is 31.9 Å². The molecule has 0 unspecified atom stereocenters. The van der Waals surface area contributed by atoms with Gasteiger partial charge in [0.1, 0.15) is 5.75 Å². The van der Waals surface area contributed by atoms with Crippen molar-refractivity contribution in [2.75, 3.05) is 19.7 Å². The SMILES string of the molecule is C[C@]1(C(=O)O)CCN(C(=O)CCCOc2ccccc2Cl)C1. The van der Waals surface area contributed by atoms with Gasteiger partial charge in [-0.15, -0.1) is 0 Å². The molecule has 0 aliphatic carbocycles. The van der Waals surface area contributed by atoms with Crippen molar-refractivity contribution in [2.45, 2.75) is 26.2 Å². The van der Waals surface area contributed by atoms with Crippen LogP contribution in [0.3, 0.4) is 0 Å². The summed E-state index contributed by atoms with van der Waals surface area (Å²) < 4.78 is 5.53. The first-order chi connectivity index (χ1) is 10.4. The van der Waals surface area contributed by atoms with Crippen LogP contribution in [-0.2, 0) is 9.59 Å². The van der Waals surface area contributed by atoms with Crippen molar-refractivity contribution >= 4 is 23.5 Å². The molecule has 1 aromatic carbocycles. The van der Waals surface area contributed by atoms with Crippen LogP contribution in [0.5, 0.6) is 5.75 Å². The molecule has 0 saturated carbocycles. The first-order valence-corrected chi connectivity index (χ1v) is 7.69. The van der Waals surface area contributed by atoms with Crippen molar-refractivity contribution in [3.63, 3.8) is 0 Å². The van der Waals surface area contributed by atoms with E-state index in [2.05, 4.69) is 0 Å². The van der Waals surface area contributed by atoms with E-state index >= 15 is 0 Å². The molecule has 1 atom stereocenters. The summed E-state index contributed by atoms with van der Waals surface area (Å²) in [4.78, 5) is 24.9. The van der Waals surface area contributed by atoms with Gasteiger partial charge < -0.3 is 14.7 Å². The maximum atomic E-state index is 12.1. The van der Waals surface area contributed by atoms with Gasteiger partial charge in [0.15, 0.2) is 0 Å². The Morgan fingerprint density at radius 1 is 1.41 bits per heavy atom. The van der Waals surface area contributed by atoms with E-state index in [4.69, 9.17) is 21.4 Å². The number of carboxylic acids is 1. The molecule has 1 aliphatic rings. The molecule has 6 heteroatoms. The summed E-state index contributed by atoms with van der Waals surface area (Å²) in [5, 5.41) is 9.71. The molecule has 0 aromatic heterocycles. The minimum atomic E-state index is -0.843. The van der Waals surface area contributed by atoms with Gasteiger partial charge in [-0.1, -0.05) is 23.7 Å². The Balaban J connectivity index is 1.73. The number of carbonyl (C=O) groups is 2. The number of nitrogens with zero attached hydrogens (tertiary/aromatic N) is 1. The average Bonchev–Trinajstić information content (AvgIpc) is 2.89. The van der Waals surface area contributed by atoms with Crippen LogP contribution in [0.15, 0.2) is 24.3 Å². The number of likely N-dealkylation sites (tertiary alicyclic amines) is 1. The van der Waals surface area contributed by atoms with Crippen LogP contribution < -0.4 is 4.74 Å². The standard InChI is InChI=1S/C16H20ClNO4/c1-16(15(20)21)8-9-18(11-16)14(19)7-4-10-22-13-6-3-2-5-12(13)17/h2-3,5-6H,4,7-11H2,1H3,(H,20,21)/t16-/m0/s1. The number of hydrogen-bond acceptors (Lipinski definition) is 3. The number of carboxylic acid groups (broad SMARTS) is 1. The van der Waals surface area contributed by atoms with Gasteiger partial charge in [0.25, 0.3) is 0 Å². The van der Waals surface area contributed by atoms with Gasteiger partial charge in [-0.3, -0.25) is 9.59 Å². The normalized spacial score (nSPS) is 20.9. The van der Waals surface area contributed by atoms with Gasteiger partial charge in [-0.25, -0.2) is 0 Å². The second-order valence-electron chi connectivity index (χ2n) is 5.81. The zero-order chi connectivity index (χ0) is 16.2. The van der Waals surface area contributed by atoms with Crippen LogP contribution in [0.4, 0.5) is 0 Å². The first kappa shape index (κ1) is 16.6. The van der Waals surface area contributed by atoms with E-state index in [0.717, 1.165) is 0 Å². The zero-order valence-electron chi connectivity index (χ0n) is 12.5. The molecule has 1 amide bonds. The molecule has 5 nitrogen and oxygen atoms in total. The smallest absolute Gasteiger partial charge is 0.311 e. The van der Waals surface area contributed by atoms with Gasteiger partial charge in [0.05, 0.1) is 17.0 Å². The van der Waals surface area contributed by atoms with Crippen molar-refractivity contribution in [1.29, 1.82) is 0 Å². The monoisotopic (exact) mass is 325 g/mol. The number of benzene rings is 1. The van der Waals surface area contributed by atoms with Crippen molar-refractivity contribution in [3.05, 3.63) is 29.3 Å². The van der Waals surface area contributed by atoms with E-state index in [0.29, 0.717) is 43.2 Å². The fourth-order valence-electron chi connectivity index (χ4n) is 2.47. The minimum Gasteiger partial charge on any atom is -0.492 e. The fraction of sp³-hybridized carbons (Fsp3) is 0.500. The second kappa shape index (κ2) is 7.01. The summed E-state index contributed by atoms with van der Waals surface area (Å²) in [6.45, 7) is 2.88. The number of halogens is 1. The Hall–Kier alpha value is -1.75. The molecule has 1 fully saturated rings. The maximum Gasteiger partial charge on any atom is 0.311 e. The third-order valence-electron chi connectivity index (χ3n) is 3.97. The van der Waals surface area contributed by atoms with E-state index < -0.39 is 11.4 Å². The first-order valence-electron chi connectivity index (χ1n) is 7.31. The van der Waals surface area contributed by atoms with Gasteiger partial charge in [0, 0.05) is 19.5 Å². The molecule has 22 heavy (non-hydrogen) atoms. The highest BCUT2D eigenvalue weighted by Gasteiger charge is 2.41. The molecule has 1 aromatic rings. The molecule has 120 valence electrons. The molecular weight excluding hydrogens is 306 g/mol. The molecule has 0 spiro atoms. The van der Waals surface area contributed by atoms with Crippen molar-refractivity contribution in [3.8, 4) is 5.75 Å². The summed E-state index contributed by atoms with van der Waals surface area (Å²) in [7, 11) is 0. The van der Waals surface area contributed by atoms with E-state index in [1.807, 2.05) is 12.1 Å².